The molecule has 0 amide bonds. The molecule has 1 aromatic rings. The van der Waals surface area contributed by atoms with Gasteiger partial charge in [0, 0.05) is 6.42 Å². The Morgan fingerprint density at radius 2 is 1.55 bits per heavy atom. The van der Waals surface area contributed by atoms with E-state index in [1.54, 1.807) is 12.1 Å². The van der Waals surface area contributed by atoms with Crippen LogP contribution in [-0.2, 0) is 24.9 Å². The van der Waals surface area contributed by atoms with E-state index in [1.807, 2.05) is 30.4 Å². The van der Waals surface area contributed by atoms with E-state index in [1.165, 1.54) is 5.57 Å². The average molecular weight is 302 g/mol. The third-order valence-corrected chi connectivity index (χ3v) is 2.17. The van der Waals surface area contributed by atoms with Crippen molar-refractivity contribution in [1.82, 2.24) is 0 Å². The van der Waals surface area contributed by atoms with E-state index in [4.69, 9.17) is 9.30 Å². The summed E-state index contributed by atoms with van der Waals surface area (Å²) in [6, 6.07) is 9.05. The van der Waals surface area contributed by atoms with Gasteiger partial charge in [0.15, 0.2) is 0 Å². The Morgan fingerprint density at radius 3 is 1.75 bits per heavy atom. The molecule has 0 fully saturated rings. The van der Waals surface area contributed by atoms with E-state index in [0.29, 0.717) is 5.56 Å². The SMILES string of the molecule is CC1=CC=C[CH]1.[C-]#[O+].[C-]#[O+].[Li+].[O-][C](=[Mn])c1ccccc1. The normalized spacial score (nSPS) is 9.80. The van der Waals surface area contributed by atoms with Crippen molar-refractivity contribution >= 4 is 4.60 Å². The van der Waals surface area contributed by atoms with E-state index in [9.17, 15) is 5.11 Å². The molecular weight excluding hydrogens is 290 g/mol. The summed E-state index contributed by atoms with van der Waals surface area (Å²) in [6.45, 7) is 11.1. The average Bonchev–Trinajstić information content (AvgIpc) is 2.96. The second kappa shape index (κ2) is 18.1. The van der Waals surface area contributed by atoms with Crippen LogP contribution in [0.3, 0.4) is 0 Å². The van der Waals surface area contributed by atoms with Crippen LogP contribution in [0.5, 0.6) is 0 Å². The number of hydrogen-bond acceptors (Lipinski definition) is 1. The first-order chi connectivity index (χ1) is 9.20. The van der Waals surface area contributed by atoms with Gasteiger partial charge in [0.1, 0.15) is 0 Å². The number of hydrogen-bond donors (Lipinski definition) is 0. The van der Waals surface area contributed by atoms with Gasteiger partial charge >= 0.3 is 103 Å². The molecule has 0 N–H and O–H groups in total. The van der Waals surface area contributed by atoms with Crippen LogP contribution < -0.4 is 24.0 Å². The van der Waals surface area contributed by atoms with Crippen LogP contribution >= 0.6 is 0 Å². The quantitative estimate of drug-likeness (QED) is 0.362. The van der Waals surface area contributed by atoms with E-state index in [0.717, 1.165) is 0 Å². The van der Waals surface area contributed by atoms with Crippen LogP contribution in [0.2, 0.25) is 0 Å². The van der Waals surface area contributed by atoms with Crippen LogP contribution in [-0.4, -0.2) is 4.60 Å². The van der Waals surface area contributed by atoms with Crippen LogP contribution in [0, 0.1) is 19.7 Å². The van der Waals surface area contributed by atoms with Crippen molar-refractivity contribution < 1.29 is 48.8 Å². The first-order valence-electron chi connectivity index (χ1n) is 5.04. The Labute approximate surface area is 139 Å². The summed E-state index contributed by atoms with van der Waals surface area (Å²) in [5.41, 5.74) is 2.03. The van der Waals surface area contributed by atoms with Gasteiger partial charge in [-0.3, -0.25) is 0 Å². The summed E-state index contributed by atoms with van der Waals surface area (Å²) in [5.74, 6) is 0. The Balaban J connectivity index is -0.000000231. The van der Waals surface area contributed by atoms with Gasteiger partial charge in [-0.15, -0.1) is 0 Å². The van der Waals surface area contributed by atoms with Gasteiger partial charge < -0.3 is 0 Å². The second-order valence-electron chi connectivity index (χ2n) is 3.10. The molecule has 0 aliphatic heterocycles. The number of benzene rings is 1. The number of rotatable bonds is 1. The molecular formula is C15H12LiMnO3. The van der Waals surface area contributed by atoms with Crippen molar-refractivity contribution in [2.45, 2.75) is 6.92 Å². The third kappa shape index (κ3) is 13.6. The molecule has 1 radical (unpaired) electrons. The molecule has 0 heterocycles. The van der Waals surface area contributed by atoms with Crippen LogP contribution in [0.15, 0.2) is 54.1 Å². The first kappa shape index (κ1) is 24.2. The maximum atomic E-state index is 10.6. The molecule has 0 atom stereocenters. The molecule has 0 bridgehead atoms. The molecule has 2 rings (SSSR count). The summed E-state index contributed by atoms with van der Waals surface area (Å²) in [4.78, 5) is 0. The topological polar surface area (TPSA) is 62.9 Å². The van der Waals surface area contributed by atoms with Crippen molar-refractivity contribution in [3.05, 3.63) is 79.4 Å². The molecule has 0 unspecified atom stereocenters. The van der Waals surface area contributed by atoms with E-state index >= 15 is 0 Å². The van der Waals surface area contributed by atoms with Crippen molar-refractivity contribution in [1.29, 1.82) is 0 Å². The van der Waals surface area contributed by atoms with Crippen molar-refractivity contribution in [3.63, 3.8) is 0 Å². The van der Waals surface area contributed by atoms with Crippen LogP contribution in [0.1, 0.15) is 12.5 Å². The third-order valence-electron chi connectivity index (χ3n) is 1.83. The van der Waals surface area contributed by atoms with E-state index in [2.05, 4.69) is 48.3 Å². The second-order valence-corrected chi connectivity index (χ2v) is 3.64. The minimum absolute atomic E-state index is 0. The first-order valence-corrected chi connectivity index (χ1v) is 5.63. The Morgan fingerprint density at radius 1 is 1.05 bits per heavy atom. The summed E-state index contributed by atoms with van der Waals surface area (Å²) in [7, 11) is 0. The molecule has 98 valence electrons. The molecule has 0 saturated carbocycles. The van der Waals surface area contributed by atoms with Gasteiger partial charge in [0.25, 0.3) is 0 Å². The van der Waals surface area contributed by atoms with E-state index in [-0.39, 0.29) is 23.5 Å². The zero-order valence-corrected chi connectivity index (χ0v) is 12.5. The van der Waals surface area contributed by atoms with Gasteiger partial charge in [-0.1, -0.05) is 23.8 Å². The summed E-state index contributed by atoms with van der Waals surface area (Å²) >= 11 is 2.84. The van der Waals surface area contributed by atoms with Gasteiger partial charge in [-0.05, 0) is 6.92 Å². The molecule has 1 aliphatic rings. The molecule has 3 nitrogen and oxygen atoms in total. The van der Waals surface area contributed by atoms with Crippen molar-refractivity contribution in [3.8, 4) is 0 Å². The molecule has 1 aromatic carbocycles. The van der Waals surface area contributed by atoms with Gasteiger partial charge in [0.05, 0.1) is 0 Å². The molecule has 5 heteroatoms. The Kier molecular flexibility index (Phi) is 21.9. The summed E-state index contributed by atoms with van der Waals surface area (Å²) in [5, 5.41) is 10.6. The fraction of sp³-hybridized carbons (Fsp3) is 0.0667. The predicted molar refractivity (Wildman–Crippen MR) is 65.6 cm³/mol. The summed E-state index contributed by atoms with van der Waals surface area (Å²) < 4.78 is 14.9. The molecule has 20 heavy (non-hydrogen) atoms. The zero-order valence-electron chi connectivity index (χ0n) is 11.3. The van der Waals surface area contributed by atoms with Gasteiger partial charge in [-0.25, -0.2) is 0 Å². The van der Waals surface area contributed by atoms with E-state index < -0.39 is 0 Å². The fourth-order valence-electron chi connectivity index (χ4n) is 1.04. The minimum atomic E-state index is -0.0666. The standard InChI is InChI=1S/C7H5O.C6H7.2CO.Li.Mn/c8-6-7-4-2-1-3-5-7;1-6-4-2-3-5-6;2*1-2;;/h1-5H;2-5H,1H3;;;;/q-1;;;;+1;. The fourth-order valence-corrected chi connectivity index (χ4v) is 1.24. The van der Waals surface area contributed by atoms with Gasteiger partial charge in [-0.2, -0.15) is 0 Å². The van der Waals surface area contributed by atoms with Crippen molar-refractivity contribution in [2.24, 2.45) is 0 Å². The van der Waals surface area contributed by atoms with Gasteiger partial charge in [0.2, 0.25) is 0 Å². The maximum absolute atomic E-state index is 10.6. The zero-order chi connectivity index (χ0) is 15.1. The predicted octanol–water partition coefficient (Wildman–Crippen LogP) is -1.29. The summed E-state index contributed by atoms with van der Waals surface area (Å²) in [6.07, 6.45) is 8.24. The Hall–Kier alpha value is -0.873. The molecule has 0 spiro atoms. The molecule has 1 aliphatic carbocycles. The Bertz CT molecular complexity index is 456. The van der Waals surface area contributed by atoms with Crippen LogP contribution in [0.25, 0.3) is 0 Å². The monoisotopic (exact) mass is 302 g/mol. The van der Waals surface area contributed by atoms with Crippen LogP contribution in [0.4, 0.5) is 0 Å². The van der Waals surface area contributed by atoms with Crippen molar-refractivity contribution in [2.75, 3.05) is 0 Å². The molecule has 0 saturated heterocycles. The molecule has 0 aromatic heterocycles. The number of allylic oxidation sites excluding steroid dienone is 4.